The zero-order valence-electron chi connectivity index (χ0n) is 54.8. The van der Waals surface area contributed by atoms with Crippen LogP contribution in [0.4, 0.5) is 11.6 Å². The van der Waals surface area contributed by atoms with E-state index in [1.807, 2.05) is 4.57 Å². The molecule has 6 aliphatic rings. The fraction of sp³-hybridized carbons (Fsp3) is 0.818. The third-order valence-corrected chi connectivity index (χ3v) is 39.0. The molecule has 476 valence electrons. The summed E-state index contributed by atoms with van der Waals surface area (Å²) in [6, 6.07) is 0. The molecule has 1 spiro atoms. The Labute approximate surface area is 531 Å². The maximum Gasteiger partial charge on any atom is 1.00 e. The largest absolute Gasteiger partial charge is 1.00 e. The molecule has 24 nitrogen and oxygen atoms in total. The van der Waals surface area contributed by atoms with E-state index in [9.17, 15) is 13.5 Å². The molecule has 0 bridgehead atoms. The van der Waals surface area contributed by atoms with Crippen molar-refractivity contribution >= 4 is 78.3 Å². The second kappa shape index (κ2) is 27.9. The number of hydrogen-bond acceptors (Lipinski definition) is 22. The van der Waals surface area contributed by atoms with Crippen LogP contribution in [0.5, 0.6) is 0 Å². The van der Waals surface area contributed by atoms with Gasteiger partial charge in [0.15, 0.2) is 35.4 Å². The van der Waals surface area contributed by atoms with Crippen LogP contribution in [0.2, 0.25) is 44.3 Å². The van der Waals surface area contributed by atoms with Gasteiger partial charge >= 0.3 is 63.8 Å². The molecule has 10 rings (SSSR count). The summed E-state index contributed by atoms with van der Waals surface area (Å²) in [5.74, 6) is 0.550. The van der Waals surface area contributed by atoms with Gasteiger partial charge in [-0.15, -0.1) is 0 Å². The molecule has 85 heavy (non-hydrogen) atoms. The van der Waals surface area contributed by atoms with Gasteiger partial charge < -0.3 is 62.9 Å². The van der Waals surface area contributed by atoms with Crippen molar-refractivity contribution in [1.29, 1.82) is 0 Å². The number of rotatable bonds is 15. The molecule has 0 radical (unpaired) electrons. The predicted octanol–water partition coefficient (Wildman–Crippen LogP) is 6.47. The van der Waals surface area contributed by atoms with Gasteiger partial charge in [-0.3, -0.25) is 13.3 Å². The molecule has 8 atom stereocenters. The zero-order chi connectivity index (χ0) is 61.5. The van der Waals surface area contributed by atoms with Crippen LogP contribution >= 0.6 is 0 Å². The molecule has 6 saturated heterocycles. The first-order chi connectivity index (χ1) is 39.5. The first-order valence-electron chi connectivity index (χ1n) is 30.5. The molecular weight excluding hydrogens is 1190 g/mol. The van der Waals surface area contributed by atoms with Crippen LogP contribution in [0, 0.1) is 0 Å². The maximum absolute atomic E-state index is 12.7. The van der Waals surface area contributed by atoms with Crippen molar-refractivity contribution in [1.82, 2.24) is 39.0 Å². The minimum absolute atomic E-state index is 0. The zero-order valence-corrected chi connectivity index (χ0v) is 60.6. The monoisotopic (exact) mass is 1290 g/mol. The molecule has 30 heteroatoms. The number of imidazole rings is 2. The van der Waals surface area contributed by atoms with Crippen molar-refractivity contribution in [2.75, 3.05) is 57.4 Å². The number of nitrogens with zero attached hydrogens (tertiary/aromatic N) is 8. The van der Waals surface area contributed by atoms with Crippen LogP contribution in [0.25, 0.3) is 22.3 Å². The van der Waals surface area contributed by atoms with Gasteiger partial charge in [0.2, 0.25) is 0 Å². The van der Waals surface area contributed by atoms with Gasteiger partial charge in [0.1, 0.15) is 59.3 Å². The minimum atomic E-state index is -3.65. The van der Waals surface area contributed by atoms with E-state index in [1.54, 1.807) is 10.9 Å². The number of aromatic nitrogens is 8. The van der Waals surface area contributed by atoms with Gasteiger partial charge in [0.25, 0.3) is 10.1 Å². The Bertz CT molecular complexity index is 2920. The Morgan fingerprint density at radius 1 is 0.624 bits per heavy atom. The SMILES string of the molecule is C1CCOC1.CC(C)[Si]1(C(C)C)OC[C@H]2O[C@@H](n3cnc4c(N)ncnc43)[C@](O)(CCCOS(C)(=O)=O)[C@@H]2O[Si](C(C)C)(C(C)C)O1.CC(C)[Si]1(C(C)C)OC[C@H]2O[C@@H](n3cnc4c(N)ncnc43)[C@]3(CCCO3)[C@@H]2O[Si](C(C)C)(C(C)C)O1.[H-].[Na+]. The Hall–Kier alpha value is -1.96. The number of anilines is 2. The van der Waals surface area contributed by atoms with E-state index in [-0.39, 0.29) is 119 Å². The van der Waals surface area contributed by atoms with Gasteiger partial charge in [0, 0.05) is 19.8 Å². The molecule has 0 aromatic carbocycles. The van der Waals surface area contributed by atoms with Crippen molar-refractivity contribution in [3.05, 3.63) is 25.3 Å². The van der Waals surface area contributed by atoms with E-state index in [1.165, 1.54) is 31.8 Å². The fourth-order valence-electron chi connectivity index (χ4n) is 13.6. The first-order valence-corrected chi connectivity index (χ1v) is 40.2. The van der Waals surface area contributed by atoms with Crippen LogP contribution < -0.4 is 41.0 Å². The van der Waals surface area contributed by atoms with Crippen molar-refractivity contribution in [2.24, 2.45) is 0 Å². The summed E-state index contributed by atoms with van der Waals surface area (Å²) in [5, 5.41) is 12.7. The molecule has 0 saturated carbocycles. The van der Waals surface area contributed by atoms with Crippen molar-refractivity contribution in [3.8, 4) is 0 Å². The summed E-state index contributed by atoms with van der Waals surface area (Å²) in [7, 11) is -15.1. The molecule has 10 heterocycles. The second-order valence-electron chi connectivity index (χ2n) is 26.1. The Morgan fingerprint density at radius 3 is 1.45 bits per heavy atom. The molecule has 6 aliphatic heterocycles. The number of nitrogen functional groups attached to an aromatic ring is 2. The summed E-state index contributed by atoms with van der Waals surface area (Å²) in [4.78, 5) is 26.0. The Balaban J connectivity index is 0.000000250. The van der Waals surface area contributed by atoms with Gasteiger partial charge in [0.05, 0.1) is 38.7 Å². The molecule has 4 aromatic rings. The van der Waals surface area contributed by atoms with Crippen LogP contribution in [-0.4, -0.2) is 168 Å². The Kier molecular flexibility index (Phi) is 23.1. The average Bonchev–Trinajstić information content (AvgIpc) is 1.53. The summed E-state index contributed by atoms with van der Waals surface area (Å²) in [6.45, 7) is 38.0. The van der Waals surface area contributed by atoms with Gasteiger partial charge in [-0.1, -0.05) is 111 Å². The van der Waals surface area contributed by atoms with E-state index >= 15 is 0 Å². The smallest absolute Gasteiger partial charge is 1.00 e. The maximum atomic E-state index is 12.7. The molecule has 0 unspecified atom stereocenters. The topological polar surface area (TPSA) is 295 Å². The molecular formula is C55H99N10NaO14SSi4. The predicted molar refractivity (Wildman–Crippen MR) is 329 cm³/mol. The molecule has 6 fully saturated rings. The van der Waals surface area contributed by atoms with Crippen molar-refractivity contribution in [3.63, 3.8) is 0 Å². The van der Waals surface area contributed by atoms with E-state index in [2.05, 4.69) is 141 Å². The molecule has 0 aliphatic carbocycles. The number of nitrogens with two attached hydrogens (primary N) is 2. The summed E-state index contributed by atoms with van der Waals surface area (Å²) in [5.41, 5.74) is 13.1. The number of hydrogen-bond donors (Lipinski definition) is 3. The summed E-state index contributed by atoms with van der Waals surface area (Å²) < 4.78 is 100. The average molecular weight is 1290 g/mol. The van der Waals surface area contributed by atoms with Gasteiger partial charge in [-0.25, -0.2) is 29.9 Å². The molecule has 5 N–H and O–H groups in total. The standard InChI is InChI=1S/C26H47N5O8SSi2.C25H43N5O5Si2.C4H8O.Na.H/c1-16(2)41(17(3)4)36-13-20-22(38-42(39-41,18(5)6)19(7)8)26(32,11-10-12-35-40(9,33)34)25(37-20)31-15-30-21-23(27)28-14-29-24(21)31;1-15(2)36(16(3)4)32-12-19-21(34-37(35-36,17(5)6)18(7)8)25(10-9-11-31-25)24(33-19)30-14-29-20-22(26)27-13-28-23(20)30;1-2-4-5-3-1;;/h14-20,22,25,32H,10-13H2,1-9H3,(H2,27,28,29);13-19,21,24H,9-12H2,1-8H3,(H2,26,27,28);1-4H2;;/q;;;+1;-1/t20-,22-,25-,26+;19-,21-,24-,25+;;;/m11.../s1. The normalized spacial score (nSPS) is 29.1. The van der Waals surface area contributed by atoms with Gasteiger partial charge in [-0.2, -0.15) is 8.42 Å². The van der Waals surface area contributed by atoms with Gasteiger partial charge in [-0.05, 0) is 82.9 Å². The number of ether oxygens (including phenoxy) is 4. The van der Waals surface area contributed by atoms with E-state index in [4.69, 9.17) is 60.5 Å². The van der Waals surface area contributed by atoms with Crippen LogP contribution in [0.15, 0.2) is 25.3 Å². The van der Waals surface area contributed by atoms with Crippen LogP contribution in [0.1, 0.15) is 163 Å². The third kappa shape index (κ3) is 13.5. The van der Waals surface area contributed by atoms with Crippen molar-refractivity contribution < 1.29 is 93.6 Å². The fourth-order valence-corrected chi connectivity index (χ4v) is 36.5. The van der Waals surface area contributed by atoms with Crippen LogP contribution in [0.3, 0.4) is 0 Å². The van der Waals surface area contributed by atoms with E-state index < -0.39 is 80.2 Å². The molecule has 0 amide bonds. The molecule has 4 aromatic heterocycles. The summed E-state index contributed by atoms with van der Waals surface area (Å²) in [6.07, 6.45) is 8.04. The number of fused-ring (bicyclic) bond motifs is 5. The van der Waals surface area contributed by atoms with E-state index in [0.717, 1.165) is 32.3 Å². The summed E-state index contributed by atoms with van der Waals surface area (Å²) >= 11 is 0. The van der Waals surface area contributed by atoms with Crippen molar-refractivity contribution in [2.45, 2.75) is 242 Å². The quantitative estimate of drug-likeness (QED) is 0.0652. The first kappa shape index (κ1) is 70.5. The number of aliphatic hydroxyl groups is 1. The van der Waals surface area contributed by atoms with Crippen LogP contribution in [-0.2, 0) is 59.2 Å². The van der Waals surface area contributed by atoms with E-state index in [0.29, 0.717) is 41.4 Å². The second-order valence-corrected chi connectivity index (χ2v) is 45.4. The Morgan fingerprint density at radius 2 is 1.05 bits per heavy atom. The minimum Gasteiger partial charge on any atom is -1.00 e. The third-order valence-electron chi connectivity index (χ3n) is 18.0.